The van der Waals surface area contributed by atoms with E-state index in [2.05, 4.69) is 29.8 Å². The molecule has 0 heterocycles. The van der Waals surface area contributed by atoms with Crippen LogP contribution in [0.1, 0.15) is 24.2 Å². The fraction of sp³-hybridized carbons (Fsp3) is 0.364. The van der Waals surface area contributed by atoms with Crippen LogP contribution in [0.15, 0.2) is 27.6 Å². The van der Waals surface area contributed by atoms with E-state index in [1.807, 2.05) is 12.1 Å². The Hall–Kier alpha value is -0.480. The Morgan fingerprint density at radius 1 is 1.53 bits per heavy atom. The van der Waals surface area contributed by atoms with E-state index >= 15 is 0 Å². The normalized spacial score (nSPS) is 10.7. The Morgan fingerprint density at radius 3 is 2.73 bits per heavy atom. The van der Waals surface area contributed by atoms with Gasteiger partial charge in [0, 0.05) is 15.1 Å². The molecule has 0 fully saturated rings. The van der Waals surface area contributed by atoms with Crippen LogP contribution in [0, 0.1) is 5.92 Å². The van der Waals surface area contributed by atoms with Crippen molar-refractivity contribution in [3.63, 3.8) is 0 Å². The lowest BCUT2D eigenvalue weighted by Crippen LogP contribution is -2.00. The van der Waals surface area contributed by atoms with Gasteiger partial charge in [-0.2, -0.15) is 0 Å². The molecule has 1 rings (SSSR count). The Morgan fingerprint density at radius 2 is 2.20 bits per heavy atom. The molecular weight excluding hydrogens is 276 g/mol. The third-order valence-electron chi connectivity index (χ3n) is 1.74. The summed E-state index contributed by atoms with van der Waals surface area (Å²) in [5.74, 6) is 0.616. The summed E-state index contributed by atoms with van der Waals surface area (Å²) in [5, 5.41) is 9.02. The van der Waals surface area contributed by atoms with Crippen molar-refractivity contribution in [1.29, 1.82) is 0 Å². The van der Waals surface area contributed by atoms with Crippen molar-refractivity contribution in [1.82, 2.24) is 0 Å². The second-order valence-electron chi connectivity index (χ2n) is 3.65. The van der Waals surface area contributed by atoms with Crippen molar-refractivity contribution in [2.24, 2.45) is 5.92 Å². The lowest BCUT2D eigenvalue weighted by molar-refractivity contribution is 0.0693. The summed E-state index contributed by atoms with van der Waals surface area (Å²) in [4.78, 5) is 11.8. The molecule has 1 aromatic carbocycles. The van der Waals surface area contributed by atoms with Crippen molar-refractivity contribution < 1.29 is 9.90 Å². The number of aromatic carboxylic acids is 1. The van der Waals surface area contributed by atoms with Crippen LogP contribution in [0.3, 0.4) is 0 Å². The lowest BCUT2D eigenvalue weighted by Gasteiger charge is -2.08. The second-order valence-corrected chi connectivity index (χ2v) is 5.63. The molecule has 4 heteroatoms. The maximum atomic E-state index is 11.0. The minimum Gasteiger partial charge on any atom is -0.478 e. The first-order valence-corrected chi connectivity index (χ1v) is 6.44. The van der Waals surface area contributed by atoms with Crippen LogP contribution in [-0.2, 0) is 0 Å². The van der Waals surface area contributed by atoms with E-state index < -0.39 is 5.97 Å². The number of halogens is 1. The largest absolute Gasteiger partial charge is 0.478 e. The number of hydrogen-bond acceptors (Lipinski definition) is 2. The maximum Gasteiger partial charge on any atom is 0.336 e. The first-order chi connectivity index (χ1) is 7.00. The quantitative estimate of drug-likeness (QED) is 0.854. The van der Waals surface area contributed by atoms with Gasteiger partial charge in [0.1, 0.15) is 0 Å². The number of rotatable bonds is 4. The molecule has 0 radical (unpaired) electrons. The van der Waals surface area contributed by atoms with Gasteiger partial charge in [0.05, 0.1) is 5.56 Å². The zero-order valence-corrected chi connectivity index (χ0v) is 11.1. The Labute approximate surface area is 102 Å². The number of thioether (sulfide) groups is 1. The highest BCUT2D eigenvalue weighted by atomic mass is 79.9. The highest BCUT2D eigenvalue weighted by molar-refractivity contribution is 9.10. The first kappa shape index (κ1) is 12.6. The van der Waals surface area contributed by atoms with Gasteiger partial charge in [0.15, 0.2) is 0 Å². The molecule has 0 aliphatic carbocycles. The minimum absolute atomic E-state index is 0.370. The van der Waals surface area contributed by atoms with E-state index in [9.17, 15) is 4.79 Å². The molecule has 15 heavy (non-hydrogen) atoms. The average Bonchev–Trinajstić information content (AvgIpc) is 2.15. The summed E-state index contributed by atoms with van der Waals surface area (Å²) < 4.78 is 0.800. The predicted molar refractivity (Wildman–Crippen MR) is 66.7 cm³/mol. The van der Waals surface area contributed by atoms with Crippen molar-refractivity contribution in [2.75, 3.05) is 5.75 Å². The fourth-order valence-corrected chi connectivity index (χ4v) is 2.39. The first-order valence-electron chi connectivity index (χ1n) is 4.66. The van der Waals surface area contributed by atoms with Gasteiger partial charge in [-0.25, -0.2) is 4.79 Å². The van der Waals surface area contributed by atoms with Gasteiger partial charge in [-0.05, 0) is 24.1 Å². The Kier molecular flexibility index (Phi) is 4.67. The number of hydrogen-bond donors (Lipinski definition) is 1. The van der Waals surface area contributed by atoms with Gasteiger partial charge < -0.3 is 5.11 Å². The van der Waals surface area contributed by atoms with E-state index in [1.54, 1.807) is 17.8 Å². The Balaban J connectivity index is 2.91. The summed E-state index contributed by atoms with van der Waals surface area (Å²) in [6, 6.07) is 5.36. The Bertz CT molecular complexity index is 364. The topological polar surface area (TPSA) is 37.3 Å². The number of carboxylic acids is 1. The third kappa shape index (κ3) is 3.87. The molecule has 0 unspecified atom stereocenters. The number of benzene rings is 1. The van der Waals surface area contributed by atoms with Crippen molar-refractivity contribution in [2.45, 2.75) is 18.7 Å². The second kappa shape index (κ2) is 5.56. The zero-order chi connectivity index (χ0) is 11.4. The van der Waals surface area contributed by atoms with Crippen LogP contribution in [0.2, 0.25) is 0 Å². The number of carbonyl (C=O) groups is 1. The van der Waals surface area contributed by atoms with E-state index in [0.717, 1.165) is 15.1 Å². The average molecular weight is 289 g/mol. The zero-order valence-electron chi connectivity index (χ0n) is 8.66. The SMILES string of the molecule is CC(C)CSc1ccc(Br)cc1C(=O)O. The van der Waals surface area contributed by atoms with E-state index in [1.165, 1.54) is 0 Å². The standard InChI is InChI=1S/C11H13BrO2S/c1-7(2)6-15-10-4-3-8(12)5-9(10)11(13)14/h3-5,7H,6H2,1-2H3,(H,13,14). The molecule has 2 nitrogen and oxygen atoms in total. The number of carboxylic acid groups (broad SMARTS) is 1. The van der Waals surface area contributed by atoms with Crippen LogP contribution < -0.4 is 0 Å². The van der Waals surface area contributed by atoms with Gasteiger partial charge in [0.25, 0.3) is 0 Å². The highest BCUT2D eigenvalue weighted by Gasteiger charge is 2.11. The lowest BCUT2D eigenvalue weighted by atomic mass is 10.2. The molecule has 0 aliphatic heterocycles. The molecule has 1 N–H and O–H groups in total. The molecular formula is C11H13BrO2S. The van der Waals surface area contributed by atoms with Gasteiger partial charge in [-0.3, -0.25) is 0 Å². The predicted octanol–water partition coefficient (Wildman–Crippen LogP) is 3.90. The van der Waals surface area contributed by atoms with Gasteiger partial charge in [0.2, 0.25) is 0 Å². The van der Waals surface area contributed by atoms with Crippen LogP contribution in [0.25, 0.3) is 0 Å². The molecule has 0 spiro atoms. The van der Waals surface area contributed by atoms with Crippen molar-refractivity contribution >= 4 is 33.7 Å². The van der Waals surface area contributed by atoms with Crippen LogP contribution in [0.5, 0.6) is 0 Å². The third-order valence-corrected chi connectivity index (χ3v) is 3.74. The summed E-state index contributed by atoms with van der Waals surface area (Å²) >= 11 is 4.86. The van der Waals surface area contributed by atoms with E-state index in [0.29, 0.717) is 11.5 Å². The molecule has 0 saturated heterocycles. The van der Waals surface area contributed by atoms with Crippen LogP contribution in [0.4, 0.5) is 0 Å². The molecule has 0 aliphatic rings. The minimum atomic E-state index is -0.873. The molecule has 0 saturated carbocycles. The molecule has 0 atom stereocenters. The van der Waals surface area contributed by atoms with Crippen molar-refractivity contribution in [3.05, 3.63) is 28.2 Å². The van der Waals surface area contributed by atoms with Crippen LogP contribution >= 0.6 is 27.7 Å². The molecule has 0 amide bonds. The summed E-state index contributed by atoms with van der Waals surface area (Å²) in [7, 11) is 0. The van der Waals surface area contributed by atoms with E-state index in [4.69, 9.17) is 5.11 Å². The van der Waals surface area contributed by atoms with Crippen molar-refractivity contribution in [3.8, 4) is 0 Å². The van der Waals surface area contributed by atoms with E-state index in [-0.39, 0.29) is 0 Å². The smallest absolute Gasteiger partial charge is 0.336 e. The highest BCUT2D eigenvalue weighted by Crippen LogP contribution is 2.27. The summed E-state index contributed by atoms with van der Waals surface area (Å²) in [5.41, 5.74) is 0.370. The summed E-state index contributed by atoms with van der Waals surface area (Å²) in [6.45, 7) is 4.23. The van der Waals surface area contributed by atoms with Crippen LogP contribution in [-0.4, -0.2) is 16.8 Å². The summed E-state index contributed by atoms with van der Waals surface area (Å²) in [6.07, 6.45) is 0. The monoisotopic (exact) mass is 288 g/mol. The fourth-order valence-electron chi connectivity index (χ4n) is 1.05. The molecule has 82 valence electrons. The maximum absolute atomic E-state index is 11.0. The molecule has 0 aromatic heterocycles. The molecule has 1 aromatic rings. The molecule has 0 bridgehead atoms. The van der Waals surface area contributed by atoms with Gasteiger partial charge in [-0.1, -0.05) is 29.8 Å². The van der Waals surface area contributed by atoms with Gasteiger partial charge in [-0.15, -0.1) is 11.8 Å². The van der Waals surface area contributed by atoms with Gasteiger partial charge >= 0.3 is 5.97 Å².